The Balaban J connectivity index is 2.05. The largest absolute Gasteiger partial charge is 0.493 e. The molecule has 0 aliphatic carbocycles. The van der Waals surface area contributed by atoms with E-state index in [0.717, 1.165) is 21.3 Å². The molecule has 0 aliphatic heterocycles. The van der Waals surface area contributed by atoms with Crippen molar-refractivity contribution >= 4 is 10.9 Å². The van der Waals surface area contributed by atoms with Gasteiger partial charge in [-0.05, 0) is 37.1 Å². The number of para-hydroxylation sites is 1. The molecule has 4 rings (SSSR count). The van der Waals surface area contributed by atoms with E-state index in [2.05, 4.69) is 6.07 Å². The molecule has 3 aromatic carbocycles. The zero-order valence-electron chi connectivity index (χ0n) is 19.3. The topological polar surface area (TPSA) is 71.7 Å². The molecule has 0 amide bonds. The Morgan fingerprint density at radius 3 is 2.12 bits per heavy atom. The Hall–Kier alpha value is -4.00. The van der Waals surface area contributed by atoms with Crippen molar-refractivity contribution in [1.29, 1.82) is 0 Å². The van der Waals surface area contributed by atoms with Crippen LogP contribution in [0.15, 0.2) is 64.2 Å². The summed E-state index contributed by atoms with van der Waals surface area (Å²) in [6, 6.07) is 16.5. The number of ether oxygens (including phenoxy) is 3. The Morgan fingerprint density at radius 2 is 1.48 bits per heavy atom. The lowest BCUT2D eigenvalue weighted by molar-refractivity contribution is 0.324. The fraction of sp³-hybridized carbons (Fsp3) is 0.231. The SMILES string of the molecule is COc1cc(-n2c(=O)c3ccccc3n(Cc3cc(C)ccc3C)c2=O)cc(OC)c1OC. The Labute approximate surface area is 191 Å². The van der Waals surface area contributed by atoms with Crippen LogP contribution in [0.2, 0.25) is 0 Å². The summed E-state index contributed by atoms with van der Waals surface area (Å²) in [5.74, 6) is 1.09. The van der Waals surface area contributed by atoms with E-state index in [0.29, 0.717) is 40.4 Å². The van der Waals surface area contributed by atoms with Gasteiger partial charge < -0.3 is 14.2 Å². The smallest absolute Gasteiger partial charge is 0.336 e. The first-order valence-electron chi connectivity index (χ1n) is 10.5. The maximum absolute atomic E-state index is 13.8. The average molecular weight is 447 g/mol. The third-order valence-electron chi connectivity index (χ3n) is 5.79. The number of aromatic nitrogens is 2. The van der Waals surface area contributed by atoms with E-state index in [-0.39, 0.29) is 0 Å². The summed E-state index contributed by atoms with van der Waals surface area (Å²) in [4.78, 5) is 27.2. The number of nitrogens with zero attached hydrogens (tertiary/aromatic N) is 2. The molecule has 1 aromatic heterocycles. The summed E-state index contributed by atoms with van der Waals surface area (Å²) in [6.45, 7) is 4.36. The number of rotatable bonds is 6. The summed E-state index contributed by atoms with van der Waals surface area (Å²) in [7, 11) is 4.48. The van der Waals surface area contributed by atoms with Crippen LogP contribution in [0.3, 0.4) is 0 Å². The molecule has 33 heavy (non-hydrogen) atoms. The van der Waals surface area contributed by atoms with Crippen molar-refractivity contribution in [2.75, 3.05) is 21.3 Å². The van der Waals surface area contributed by atoms with Crippen molar-refractivity contribution in [3.05, 3.63) is 92.1 Å². The van der Waals surface area contributed by atoms with E-state index >= 15 is 0 Å². The summed E-state index contributed by atoms with van der Waals surface area (Å²) in [5.41, 5.74) is 3.23. The van der Waals surface area contributed by atoms with E-state index in [4.69, 9.17) is 14.2 Å². The molecule has 0 unspecified atom stereocenters. The van der Waals surface area contributed by atoms with Gasteiger partial charge in [-0.3, -0.25) is 9.36 Å². The average Bonchev–Trinajstić information content (AvgIpc) is 2.83. The highest BCUT2D eigenvalue weighted by Gasteiger charge is 2.19. The van der Waals surface area contributed by atoms with Crippen LogP contribution in [0.4, 0.5) is 0 Å². The minimum Gasteiger partial charge on any atom is -0.493 e. The van der Waals surface area contributed by atoms with Crippen LogP contribution < -0.4 is 25.5 Å². The van der Waals surface area contributed by atoms with Gasteiger partial charge in [0.15, 0.2) is 11.5 Å². The molecule has 0 bridgehead atoms. The van der Waals surface area contributed by atoms with Gasteiger partial charge in [0.2, 0.25) is 5.75 Å². The number of fused-ring (bicyclic) bond motifs is 1. The summed E-state index contributed by atoms with van der Waals surface area (Å²) < 4.78 is 19.0. The van der Waals surface area contributed by atoms with Crippen LogP contribution in [0.25, 0.3) is 16.6 Å². The van der Waals surface area contributed by atoms with E-state index in [1.165, 1.54) is 21.3 Å². The van der Waals surface area contributed by atoms with Crippen molar-refractivity contribution in [3.63, 3.8) is 0 Å². The van der Waals surface area contributed by atoms with Crippen LogP contribution in [-0.4, -0.2) is 30.5 Å². The second kappa shape index (κ2) is 8.86. The lowest BCUT2D eigenvalue weighted by atomic mass is 10.1. The Kier molecular flexibility index (Phi) is 5.96. The summed E-state index contributed by atoms with van der Waals surface area (Å²) >= 11 is 0. The first kappa shape index (κ1) is 22.2. The minimum absolute atomic E-state index is 0.331. The van der Waals surface area contributed by atoms with Crippen LogP contribution in [0.1, 0.15) is 16.7 Å². The molecule has 0 N–H and O–H groups in total. The third kappa shape index (κ3) is 3.86. The maximum Gasteiger partial charge on any atom is 0.336 e. The van der Waals surface area contributed by atoms with Crippen molar-refractivity contribution in [2.24, 2.45) is 0 Å². The summed E-state index contributed by atoms with van der Waals surface area (Å²) in [6.07, 6.45) is 0. The fourth-order valence-electron chi connectivity index (χ4n) is 4.04. The van der Waals surface area contributed by atoms with Gasteiger partial charge in [0.25, 0.3) is 5.56 Å². The molecule has 0 radical (unpaired) electrons. The molecule has 0 spiro atoms. The number of benzene rings is 3. The van der Waals surface area contributed by atoms with E-state index in [1.807, 2.05) is 32.0 Å². The lowest BCUT2D eigenvalue weighted by Crippen LogP contribution is -2.39. The number of hydrogen-bond donors (Lipinski definition) is 0. The molecule has 0 saturated carbocycles. The summed E-state index contributed by atoms with van der Waals surface area (Å²) in [5, 5.41) is 0.441. The van der Waals surface area contributed by atoms with Gasteiger partial charge in [0.05, 0.1) is 44.5 Å². The van der Waals surface area contributed by atoms with Gasteiger partial charge >= 0.3 is 5.69 Å². The molecule has 7 nitrogen and oxygen atoms in total. The van der Waals surface area contributed by atoms with Crippen LogP contribution in [0, 0.1) is 13.8 Å². The zero-order chi connectivity index (χ0) is 23.7. The normalized spacial score (nSPS) is 10.9. The highest BCUT2D eigenvalue weighted by molar-refractivity contribution is 5.78. The molecule has 1 heterocycles. The molecule has 0 aliphatic rings. The standard InChI is InChI=1S/C26H26N2O5/c1-16-10-11-17(2)18(12-16)15-27-21-9-7-6-8-20(21)25(29)28(26(27)30)19-13-22(31-3)24(33-5)23(14-19)32-4/h6-14H,15H2,1-5H3. The van der Waals surface area contributed by atoms with Crippen molar-refractivity contribution in [2.45, 2.75) is 20.4 Å². The molecule has 7 heteroatoms. The maximum atomic E-state index is 13.8. The molecular formula is C26H26N2O5. The molecule has 4 aromatic rings. The van der Waals surface area contributed by atoms with E-state index < -0.39 is 11.2 Å². The van der Waals surface area contributed by atoms with Gasteiger partial charge in [0.1, 0.15) is 0 Å². The highest BCUT2D eigenvalue weighted by Crippen LogP contribution is 2.38. The van der Waals surface area contributed by atoms with Gasteiger partial charge in [-0.25, -0.2) is 9.36 Å². The molecule has 0 atom stereocenters. The number of methoxy groups -OCH3 is 3. The highest BCUT2D eigenvalue weighted by atomic mass is 16.5. The third-order valence-corrected chi connectivity index (χ3v) is 5.79. The molecule has 170 valence electrons. The monoisotopic (exact) mass is 446 g/mol. The van der Waals surface area contributed by atoms with Crippen molar-refractivity contribution < 1.29 is 14.2 Å². The minimum atomic E-state index is -0.450. The first-order valence-corrected chi connectivity index (χ1v) is 10.5. The van der Waals surface area contributed by atoms with Crippen molar-refractivity contribution in [3.8, 4) is 22.9 Å². The Morgan fingerprint density at radius 1 is 0.818 bits per heavy atom. The predicted octanol–water partition coefficient (Wildman–Crippen LogP) is 3.84. The second-order valence-electron chi connectivity index (χ2n) is 7.84. The Bertz CT molecular complexity index is 1440. The zero-order valence-corrected chi connectivity index (χ0v) is 19.3. The van der Waals surface area contributed by atoms with Gasteiger partial charge in [-0.2, -0.15) is 0 Å². The van der Waals surface area contributed by atoms with E-state index in [1.54, 1.807) is 34.9 Å². The van der Waals surface area contributed by atoms with Gasteiger partial charge in [-0.15, -0.1) is 0 Å². The molecule has 0 saturated heterocycles. The van der Waals surface area contributed by atoms with Crippen LogP contribution in [-0.2, 0) is 6.54 Å². The van der Waals surface area contributed by atoms with Crippen LogP contribution >= 0.6 is 0 Å². The quantitative estimate of drug-likeness (QED) is 0.450. The first-order chi connectivity index (χ1) is 15.9. The second-order valence-corrected chi connectivity index (χ2v) is 7.84. The van der Waals surface area contributed by atoms with Crippen molar-refractivity contribution in [1.82, 2.24) is 9.13 Å². The molecule has 0 fully saturated rings. The predicted molar refractivity (Wildman–Crippen MR) is 128 cm³/mol. The van der Waals surface area contributed by atoms with E-state index in [9.17, 15) is 9.59 Å². The fourth-order valence-corrected chi connectivity index (χ4v) is 4.04. The van der Waals surface area contributed by atoms with Crippen LogP contribution in [0.5, 0.6) is 17.2 Å². The molecular weight excluding hydrogens is 420 g/mol. The van der Waals surface area contributed by atoms with Gasteiger partial charge in [-0.1, -0.05) is 35.9 Å². The number of aryl methyl sites for hydroxylation is 2. The van der Waals surface area contributed by atoms with Gasteiger partial charge in [0, 0.05) is 12.1 Å². The lowest BCUT2D eigenvalue weighted by Gasteiger charge is -2.18. The number of hydrogen-bond acceptors (Lipinski definition) is 5.